The largest absolute Gasteiger partial charge is 0.495 e. The van der Waals surface area contributed by atoms with Gasteiger partial charge in [0.2, 0.25) is 0 Å². The van der Waals surface area contributed by atoms with E-state index in [0.29, 0.717) is 23.4 Å². The molecule has 0 aliphatic rings. The zero-order chi connectivity index (χ0) is 14.4. The van der Waals surface area contributed by atoms with Crippen molar-refractivity contribution in [1.29, 1.82) is 0 Å². The molecule has 0 aliphatic carbocycles. The van der Waals surface area contributed by atoms with Crippen LogP contribution in [0.4, 0.5) is 5.69 Å². The number of ether oxygens (including phenoxy) is 1. The quantitative estimate of drug-likeness (QED) is 0.516. The molecule has 0 saturated carbocycles. The normalized spacial score (nSPS) is 11.2. The van der Waals surface area contributed by atoms with Gasteiger partial charge in [-0.05, 0) is 23.8 Å². The van der Waals surface area contributed by atoms with Crippen LogP contribution < -0.4 is 15.8 Å². The smallest absolute Gasteiger partial charge is 0.193 e. The Bertz CT molecular complexity index is 598. The van der Waals surface area contributed by atoms with Crippen LogP contribution in [0.5, 0.6) is 5.75 Å². The summed E-state index contributed by atoms with van der Waals surface area (Å²) in [6.07, 6.45) is 1.67. The van der Waals surface area contributed by atoms with E-state index in [1.165, 1.54) is 0 Å². The second-order valence-electron chi connectivity index (χ2n) is 4.02. The molecule has 6 heteroatoms. The van der Waals surface area contributed by atoms with Crippen molar-refractivity contribution in [3.05, 3.63) is 53.3 Å². The third-order valence-corrected chi connectivity index (χ3v) is 2.81. The number of anilines is 1. The molecule has 104 valence electrons. The number of aromatic nitrogens is 1. The minimum absolute atomic E-state index is 0.310. The van der Waals surface area contributed by atoms with Crippen LogP contribution in [0.15, 0.2) is 47.6 Å². The number of rotatable bonds is 4. The Kier molecular flexibility index (Phi) is 4.79. The van der Waals surface area contributed by atoms with E-state index in [1.807, 2.05) is 30.3 Å². The van der Waals surface area contributed by atoms with E-state index in [2.05, 4.69) is 15.3 Å². The average molecular weight is 291 g/mol. The standard InChI is InChI=1S/C14H15ClN4O/c1-20-12-5-3-2-4-11(12)19-14(16)18-9-10-6-7-13(15)17-8-10/h2-8H,9H2,1H3,(H3,16,18,19). The first-order chi connectivity index (χ1) is 9.69. The van der Waals surface area contributed by atoms with Crippen molar-refractivity contribution in [2.75, 3.05) is 12.4 Å². The van der Waals surface area contributed by atoms with Gasteiger partial charge in [-0.1, -0.05) is 29.8 Å². The third kappa shape index (κ3) is 3.86. The zero-order valence-corrected chi connectivity index (χ0v) is 11.8. The Morgan fingerprint density at radius 1 is 1.35 bits per heavy atom. The van der Waals surface area contributed by atoms with Crippen molar-refractivity contribution >= 4 is 23.2 Å². The van der Waals surface area contributed by atoms with Crippen LogP contribution in [0.2, 0.25) is 5.15 Å². The van der Waals surface area contributed by atoms with Crippen molar-refractivity contribution < 1.29 is 4.74 Å². The molecule has 2 aromatic rings. The summed E-state index contributed by atoms with van der Waals surface area (Å²) in [4.78, 5) is 8.22. The van der Waals surface area contributed by atoms with Crippen LogP contribution in [0, 0.1) is 0 Å². The molecule has 20 heavy (non-hydrogen) atoms. The van der Waals surface area contributed by atoms with Gasteiger partial charge >= 0.3 is 0 Å². The highest BCUT2D eigenvalue weighted by Gasteiger charge is 2.02. The van der Waals surface area contributed by atoms with Gasteiger partial charge in [-0.2, -0.15) is 0 Å². The number of benzene rings is 1. The number of aliphatic imine (C=N–C) groups is 1. The average Bonchev–Trinajstić information content (AvgIpc) is 2.47. The molecular formula is C14H15ClN4O. The van der Waals surface area contributed by atoms with E-state index in [1.54, 1.807) is 19.4 Å². The summed E-state index contributed by atoms with van der Waals surface area (Å²) in [5.41, 5.74) is 7.54. The fourth-order valence-electron chi connectivity index (χ4n) is 1.60. The second-order valence-corrected chi connectivity index (χ2v) is 4.40. The lowest BCUT2D eigenvalue weighted by atomic mass is 10.3. The third-order valence-electron chi connectivity index (χ3n) is 2.59. The van der Waals surface area contributed by atoms with Gasteiger partial charge in [-0.3, -0.25) is 0 Å². The highest BCUT2D eigenvalue weighted by molar-refractivity contribution is 6.29. The van der Waals surface area contributed by atoms with Crippen LogP contribution in [0.3, 0.4) is 0 Å². The van der Waals surface area contributed by atoms with E-state index in [9.17, 15) is 0 Å². The van der Waals surface area contributed by atoms with Gasteiger partial charge in [0.05, 0.1) is 19.3 Å². The SMILES string of the molecule is COc1ccccc1NC(N)=NCc1ccc(Cl)nc1. The van der Waals surface area contributed by atoms with Gasteiger partial charge in [-0.25, -0.2) is 9.98 Å². The van der Waals surface area contributed by atoms with E-state index in [0.717, 1.165) is 11.3 Å². The molecule has 1 aromatic carbocycles. The van der Waals surface area contributed by atoms with Crippen molar-refractivity contribution in [3.8, 4) is 5.75 Å². The molecule has 0 spiro atoms. The molecule has 0 radical (unpaired) electrons. The fourth-order valence-corrected chi connectivity index (χ4v) is 1.71. The van der Waals surface area contributed by atoms with Gasteiger partial charge in [0.15, 0.2) is 5.96 Å². The lowest BCUT2D eigenvalue weighted by molar-refractivity contribution is 0.417. The maximum Gasteiger partial charge on any atom is 0.193 e. The van der Waals surface area contributed by atoms with Crippen LogP contribution in [-0.2, 0) is 6.54 Å². The molecule has 0 atom stereocenters. The van der Waals surface area contributed by atoms with Crippen molar-refractivity contribution in [3.63, 3.8) is 0 Å². The van der Waals surface area contributed by atoms with E-state index >= 15 is 0 Å². The number of hydrogen-bond donors (Lipinski definition) is 2. The monoisotopic (exact) mass is 290 g/mol. The molecule has 0 amide bonds. The minimum Gasteiger partial charge on any atom is -0.495 e. The molecule has 0 saturated heterocycles. The number of nitrogens with one attached hydrogen (secondary N) is 1. The number of pyridine rings is 1. The van der Waals surface area contributed by atoms with Crippen LogP contribution >= 0.6 is 11.6 Å². The van der Waals surface area contributed by atoms with E-state index < -0.39 is 0 Å². The number of nitrogens with zero attached hydrogens (tertiary/aromatic N) is 2. The highest BCUT2D eigenvalue weighted by Crippen LogP contribution is 2.22. The minimum atomic E-state index is 0.310. The molecule has 1 aromatic heterocycles. The Hall–Kier alpha value is -2.27. The number of halogens is 1. The maximum atomic E-state index is 5.84. The van der Waals surface area contributed by atoms with Gasteiger partial charge in [0.1, 0.15) is 10.9 Å². The molecule has 0 bridgehead atoms. The Labute approximate surface area is 122 Å². The first-order valence-electron chi connectivity index (χ1n) is 5.99. The second kappa shape index (κ2) is 6.77. The number of guanidine groups is 1. The first kappa shape index (κ1) is 14.1. The number of nitrogens with two attached hydrogens (primary N) is 1. The molecular weight excluding hydrogens is 276 g/mol. The van der Waals surface area contributed by atoms with Crippen LogP contribution in [-0.4, -0.2) is 18.1 Å². The topological polar surface area (TPSA) is 72.5 Å². The number of para-hydroxylation sites is 2. The summed E-state index contributed by atoms with van der Waals surface area (Å²) in [5, 5.41) is 3.46. The van der Waals surface area contributed by atoms with Gasteiger partial charge in [0, 0.05) is 6.20 Å². The summed E-state index contributed by atoms with van der Waals surface area (Å²) < 4.78 is 5.22. The molecule has 0 aliphatic heterocycles. The lowest BCUT2D eigenvalue weighted by Crippen LogP contribution is -2.22. The predicted molar refractivity (Wildman–Crippen MR) is 81.2 cm³/mol. The Morgan fingerprint density at radius 3 is 2.85 bits per heavy atom. The van der Waals surface area contributed by atoms with E-state index in [4.69, 9.17) is 22.1 Å². The first-order valence-corrected chi connectivity index (χ1v) is 6.37. The molecule has 3 N–H and O–H groups in total. The lowest BCUT2D eigenvalue weighted by Gasteiger charge is -2.10. The van der Waals surface area contributed by atoms with Gasteiger partial charge in [0.25, 0.3) is 0 Å². The van der Waals surface area contributed by atoms with Crippen LogP contribution in [0.1, 0.15) is 5.56 Å². The van der Waals surface area contributed by atoms with Gasteiger partial charge < -0.3 is 15.8 Å². The molecule has 5 nitrogen and oxygen atoms in total. The van der Waals surface area contributed by atoms with E-state index in [-0.39, 0.29) is 0 Å². The summed E-state index contributed by atoms with van der Waals surface area (Å²) in [7, 11) is 1.60. The summed E-state index contributed by atoms with van der Waals surface area (Å²) in [6, 6.07) is 11.1. The van der Waals surface area contributed by atoms with Crippen molar-refractivity contribution in [2.24, 2.45) is 10.7 Å². The van der Waals surface area contributed by atoms with Crippen LogP contribution in [0.25, 0.3) is 0 Å². The summed E-state index contributed by atoms with van der Waals surface area (Å²) in [6.45, 7) is 0.429. The van der Waals surface area contributed by atoms with Gasteiger partial charge in [-0.15, -0.1) is 0 Å². The Balaban J connectivity index is 2.02. The Morgan fingerprint density at radius 2 is 2.15 bits per heavy atom. The molecule has 1 heterocycles. The number of hydrogen-bond acceptors (Lipinski definition) is 3. The highest BCUT2D eigenvalue weighted by atomic mass is 35.5. The summed E-state index contributed by atoms with van der Waals surface area (Å²) >= 11 is 5.72. The molecule has 2 rings (SSSR count). The zero-order valence-electron chi connectivity index (χ0n) is 11.0. The fraction of sp³-hybridized carbons (Fsp3) is 0.143. The van der Waals surface area contributed by atoms with Crippen molar-refractivity contribution in [2.45, 2.75) is 6.54 Å². The molecule has 0 unspecified atom stereocenters. The van der Waals surface area contributed by atoms with Crippen molar-refractivity contribution in [1.82, 2.24) is 4.98 Å². The maximum absolute atomic E-state index is 5.84. The summed E-state index contributed by atoms with van der Waals surface area (Å²) in [5.74, 6) is 1.02. The molecule has 0 fully saturated rings. The number of methoxy groups -OCH3 is 1. The predicted octanol–water partition coefficient (Wildman–Crippen LogP) is 2.67.